The standard InChI is InChI=1S/C19H31NO/c1-18(2)11-10-16(13-20(4)5)19(3,14-18)15-8-7-9-17(12-15)21-6/h7-9,12,16H,10-11,13-14H2,1-6H3. The molecule has 0 aromatic heterocycles. The Hall–Kier alpha value is -1.02. The number of hydrogen-bond acceptors (Lipinski definition) is 2. The maximum atomic E-state index is 5.45. The molecule has 1 aliphatic rings. The van der Waals surface area contributed by atoms with E-state index in [4.69, 9.17) is 4.74 Å². The maximum absolute atomic E-state index is 5.45. The second kappa shape index (κ2) is 6.00. The fourth-order valence-corrected chi connectivity index (χ4v) is 4.16. The quantitative estimate of drug-likeness (QED) is 0.817. The molecule has 0 bridgehead atoms. The van der Waals surface area contributed by atoms with Crippen LogP contribution in [0.3, 0.4) is 0 Å². The largest absolute Gasteiger partial charge is 0.497 e. The summed E-state index contributed by atoms with van der Waals surface area (Å²) in [6.45, 7) is 8.44. The van der Waals surface area contributed by atoms with E-state index >= 15 is 0 Å². The van der Waals surface area contributed by atoms with Crippen LogP contribution in [0.1, 0.15) is 45.6 Å². The van der Waals surface area contributed by atoms with E-state index in [1.165, 1.54) is 24.8 Å². The molecule has 118 valence electrons. The Labute approximate surface area is 130 Å². The third kappa shape index (κ3) is 3.60. The molecule has 2 nitrogen and oxygen atoms in total. The average Bonchev–Trinajstić information content (AvgIpc) is 2.41. The van der Waals surface area contributed by atoms with Crippen LogP contribution in [0.25, 0.3) is 0 Å². The third-order valence-corrected chi connectivity index (χ3v) is 5.23. The minimum absolute atomic E-state index is 0.223. The molecule has 0 radical (unpaired) electrons. The molecular weight excluding hydrogens is 258 g/mol. The molecule has 21 heavy (non-hydrogen) atoms. The van der Waals surface area contributed by atoms with Gasteiger partial charge in [-0.15, -0.1) is 0 Å². The summed E-state index contributed by atoms with van der Waals surface area (Å²) in [6, 6.07) is 8.70. The van der Waals surface area contributed by atoms with Crippen LogP contribution in [-0.4, -0.2) is 32.6 Å². The Morgan fingerprint density at radius 2 is 1.95 bits per heavy atom. The van der Waals surface area contributed by atoms with Crippen molar-refractivity contribution >= 4 is 0 Å². The molecule has 0 heterocycles. The van der Waals surface area contributed by atoms with Crippen LogP contribution in [0.2, 0.25) is 0 Å². The zero-order chi connectivity index (χ0) is 15.7. The second-order valence-electron chi connectivity index (χ2n) is 7.99. The number of methoxy groups -OCH3 is 1. The highest BCUT2D eigenvalue weighted by atomic mass is 16.5. The van der Waals surface area contributed by atoms with Crippen LogP contribution in [0, 0.1) is 11.3 Å². The van der Waals surface area contributed by atoms with Gasteiger partial charge >= 0.3 is 0 Å². The van der Waals surface area contributed by atoms with Gasteiger partial charge in [0.1, 0.15) is 5.75 Å². The first kappa shape index (κ1) is 16.4. The molecular formula is C19H31NO. The van der Waals surface area contributed by atoms with Gasteiger partial charge in [0.25, 0.3) is 0 Å². The molecule has 1 aromatic carbocycles. The fourth-order valence-electron chi connectivity index (χ4n) is 4.16. The van der Waals surface area contributed by atoms with Crippen LogP contribution in [0.5, 0.6) is 5.75 Å². The van der Waals surface area contributed by atoms with E-state index in [-0.39, 0.29) is 5.41 Å². The minimum Gasteiger partial charge on any atom is -0.497 e. The predicted molar refractivity (Wildman–Crippen MR) is 90.0 cm³/mol. The average molecular weight is 289 g/mol. The molecule has 1 fully saturated rings. The molecule has 0 spiro atoms. The van der Waals surface area contributed by atoms with E-state index in [0.717, 1.165) is 12.3 Å². The minimum atomic E-state index is 0.223. The van der Waals surface area contributed by atoms with Gasteiger partial charge in [0.2, 0.25) is 0 Å². The first-order chi connectivity index (χ1) is 9.77. The zero-order valence-electron chi connectivity index (χ0n) is 14.6. The smallest absolute Gasteiger partial charge is 0.119 e. The normalized spacial score (nSPS) is 28.6. The first-order valence-corrected chi connectivity index (χ1v) is 8.06. The van der Waals surface area contributed by atoms with Gasteiger partial charge in [0.15, 0.2) is 0 Å². The van der Waals surface area contributed by atoms with E-state index in [1.807, 2.05) is 6.07 Å². The number of nitrogens with zero attached hydrogens (tertiary/aromatic N) is 1. The Morgan fingerprint density at radius 1 is 1.24 bits per heavy atom. The summed E-state index contributed by atoms with van der Waals surface area (Å²) in [5, 5.41) is 0. The second-order valence-corrected chi connectivity index (χ2v) is 7.99. The van der Waals surface area contributed by atoms with Crippen molar-refractivity contribution in [2.24, 2.45) is 11.3 Å². The summed E-state index contributed by atoms with van der Waals surface area (Å²) < 4.78 is 5.45. The third-order valence-electron chi connectivity index (χ3n) is 5.23. The van der Waals surface area contributed by atoms with Crippen molar-refractivity contribution in [1.29, 1.82) is 0 Å². The Morgan fingerprint density at radius 3 is 2.57 bits per heavy atom. The van der Waals surface area contributed by atoms with Crippen molar-refractivity contribution in [3.05, 3.63) is 29.8 Å². The summed E-state index contributed by atoms with van der Waals surface area (Å²) >= 11 is 0. The number of rotatable bonds is 4. The van der Waals surface area contributed by atoms with Gasteiger partial charge in [-0.25, -0.2) is 0 Å². The molecule has 2 unspecified atom stereocenters. The van der Waals surface area contributed by atoms with E-state index in [9.17, 15) is 0 Å². The van der Waals surface area contributed by atoms with Crippen LogP contribution in [-0.2, 0) is 5.41 Å². The van der Waals surface area contributed by atoms with E-state index < -0.39 is 0 Å². The summed E-state index contributed by atoms with van der Waals surface area (Å²) in [5.74, 6) is 1.67. The van der Waals surface area contributed by atoms with Crippen LogP contribution >= 0.6 is 0 Å². The SMILES string of the molecule is COc1cccc(C2(C)CC(C)(C)CCC2CN(C)C)c1. The molecule has 0 saturated heterocycles. The van der Waals surface area contributed by atoms with Gasteiger partial charge < -0.3 is 9.64 Å². The summed E-state index contributed by atoms with van der Waals surface area (Å²) in [7, 11) is 6.13. The van der Waals surface area contributed by atoms with Crippen molar-refractivity contribution in [1.82, 2.24) is 4.90 Å². The summed E-state index contributed by atoms with van der Waals surface area (Å²) in [5.41, 5.74) is 2.07. The highest BCUT2D eigenvalue weighted by Gasteiger charge is 2.44. The molecule has 2 rings (SSSR count). The van der Waals surface area contributed by atoms with E-state index in [2.05, 4.69) is 58.0 Å². The van der Waals surface area contributed by atoms with E-state index in [1.54, 1.807) is 7.11 Å². The van der Waals surface area contributed by atoms with Gasteiger partial charge in [-0.3, -0.25) is 0 Å². The van der Waals surface area contributed by atoms with Crippen LogP contribution < -0.4 is 4.74 Å². The number of ether oxygens (including phenoxy) is 1. The Bertz CT molecular complexity index is 480. The van der Waals surface area contributed by atoms with Crippen molar-refractivity contribution in [3.63, 3.8) is 0 Å². The topological polar surface area (TPSA) is 12.5 Å². The van der Waals surface area contributed by atoms with Gasteiger partial charge in [0, 0.05) is 6.54 Å². The fraction of sp³-hybridized carbons (Fsp3) is 0.684. The lowest BCUT2D eigenvalue weighted by atomic mass is 9.56. The lowest BCUT2D eigenvalue weighted by molar-refractivity contribution is 0.0773. The van der Waals surface area contributed by atoms with E-state index in [0.29, 0.717) is 11.3 Å². The highest BCUT2D eigenvalue weighted by Crippen LogP contribution is 2.51. The molecule has 1 saturated carbocycles. The van der Waals surface area contributed by atoms with Gasteiger partial charge in [-0.05, 0) is 67.8 Å². The van der Waals surface area contributed by atoms with Crippen molar-refractivity contribution < 1.29 is 4.74 Å². The lowest BCUT2D eigenvalue weighted by Crippen LogP contribution is -2.45. The Balaban J connectivity index is 2.39. The Kier molecular flexibility index (Phi) is 4.67. The van der Waals surface area contributed by atoms with Gasteiger partial charge in [-0.2, -0.15) is 0 Å². The first-order valence-electron chi connectivity index (χ1n) is 8.06. The molecule has 0 N–H and O–H groups in total. The molecule has 2 atom stereocenters. The summed E-state index contributed by atoms with van der Waals surface area (Å²) in [4.78, 5) is 2.33. The van der Waals surface area contributed by atoms with Gasteiger partial charge in [-0.1, -0.05) is 32.9 Å². The molecule has 0 amide bonds. The summed E-state index contributed by atoms with van der Waals surface area (Å²) in [6.07, 6.45) is 3.87. The highest BCUT2D eigenvalue weighted by molar-refractivity contribution is 5.35. The zero-order valence-corrected chi connectivity index (χ0v) is 14.6. The number of benzene rings is 1. The molecule has 0 aliphatic heterocycles. The maximum Gasteiger partial charge on any atom is 0.119 e. The molecule has 1 aliphatic carbocycles. The molecule has 2 heteroatoms. The monoisotopic (exact) mass is 289 g/mol. The lowest BCUT2D eigenvalue weighted by Gasteiger charge is -2.49. The van der Waals surface area contributed by atoms with Crippen LogP contribution in [0.4, 0.5) is 0 Å². The number of hydrogen-bond donors (Lipinski definition) is 0. The predicted octanol–water partition coefficient (Wildman–Crippen LogP) is 4.34. The van der Waals surface area contributed by atoms with Crippen molar-refractivity contribution in [2.75, 3.05) is 27.7 Å². The van der Waals surface area contributed by atoms with Crippen molar-refractivity contribution in [2.45, 2.75) is 45.4 Å². The van der Waals surface area contributed by atoms with Gasteiger partial charge in [0.05, 0.1) is 7.11 Å². The molecule has 1 aromatic rings. The van der Waals surface area contributed by atoms with Crippen molar-refractivity contribution in [3.8, 4) is 5.75 Å². The van der Waals surface area contributed by atoms with Crippen LogP contribution in [0.15, 0.2) is 24.3 Å².